The van der Waals surface area contributed by atoms with Crippen LogP contribution in [0.25, 0.3) is 6.08 Å². The van der Waals surface area contributed by atoms with E-state index in [2.05, 4.69) is 28.3 Å². The number of amides is 1. The fraction of sp³-hybridized carbons (Fsp3) is 0.476. The number of carbonyl (C=O) groups is 1. The lowest BCUT2D eigenvalue weighted by atomic mass is 9.80. The smallest absolute Gasteiger partial charge is 0.251 e. The van der Waals surface area contributed by atoms with Gasteiger partial charge in [0.1, 0.15) is 6.04 Å². The van der Waals surface area contributed by atoms with Crippen molar-refractivity contribution in [2.75, 3.05) is 18.4 Å². The molecule has 7 heteroatoms. The van der Waals surface area contributed by atoms with Crippen molar-refractivity contribution in [1.82, 2.24) is 9.88 Å². The van der Waals surface area contributed by atoms with E-state index >= 15 is 0 Å². The van der Waals surface area contributed by atoms with Crippen LogP contribution < -0.4 is 15.9 Å². The number of carbonyl (C=O) groups excluding carboxylic acids is 1. The second-order valence-corrected chi connectivity index (χ2v) is 9.16. The normalized spacial score (nSPS) is 21.8. The van der Waals surface area contributed by atoms with E-state index in [0.29, 0.717) is 19.6 Å². The molecule has 146 valence electrons. The van der Waals surface area contributed by atoms with Crippen LogP contribution in [0.3, 0.4) is 0 Å². The van der Waals surface area contributed by atoms with E-state index in [1.807, 2.05) is 23.1 Å². The molecule has 1 aromatic carbocycles. The van der Waals surface area contributed by atoms with Gasteiger partial charge in [-0.15, -0.1) is 0 Å². The molecule has 3 aliphatic rings. The number of anilines is 1. The number of rotatable bonds is 4. The molecule has 1 amide bonds. The topological polar surface area (TPSA) is 77.8 Å². The third-order valence-corrected chi connectivity index (χ3v) is 7.09. The van der Waals surface area contributed by atoms with E-state index in [0.717, 1.165) is 57.5 Å². The lowest BCUT2D eigenvalue weighted by molar-refractivity contribution is -0.131. The van der Waals surface area contributed by atoms with Crippen molar-refractivity contribution >= 4 is 28.5 Å². The zero-order valence-corrected chi connectivity index (χ0v) is 16.8. The van der Waals surface area contributed by atoms with E-state index in [1.165, 1.54) is 0 Å². The van der Waals surface area contributed by atoms with Crippen molar-refractivity contribution in [3.8, 4) is 0 Å². The Hall–Kier alpha value is -2.25. The van der Waals surface area contributed by atoms with Gasteiger partial charge in [-0.1, -0.05) is 23.5 Å². The van der Waals surface area contributed by atoms with Gasteiger partial charge >= 0.3 is 0 Å². The average molecular weight is 397 g/mol. The van der Waals surface area contributed by atoms with Gasteiger partial charge in [-0.25, -0.2) is 4.98 Å². The minimum Gasteiger partial charge on any atom is -0.388 e. The Morgan fingerprint density at radius 1 is 1.43 bits per heavy atom. The molecule has 1 atom stereocenters. The summed E-state index contributed by atoms with van der Waals surface area (Å²) < 4.78 is 0. The first kappa shape index (κ1) is 17.8. The van der Waals surface area contributed by atoms with Crippen molar-refractivity contribution in [1.29, 1.82) is 0 Å². The molecule has 3 heterocycles. The number of fused-ring (bicyclic) bond motifs is 2. The van der Waals surface area contributed by atoms with E-state index in [9.17, 15) is 9.90 Å². The van der Waals surface area contributed by atoms with Gasteiger partial charge in [0.2, 0.25) is 0 Å². The lowest BCUT2D eigenvalue weighted by Gasteiger charge is -2.36. The van der Waals surface area contributed by atoms with Crippen LogP contribution in [0.1, 0.15) is 35.4 Å². The van der Waals surface area contributed by atoms with Gasteiger partial charge < -0.3 is 15.3 Å². The largest absolute Gasteiger partial charge is 0.388 e. The molecular formula is C21H24N4O2S. The fourth-order valence-electron chi connectivity index (χ4n) is 4.11. The summed E-state index contributed by atoms with van der Waals surface area (Å²) in [5.74, 6) is 0.0629. The molecule has 0 bridgehead atoms. The Balaban J connectivity index is 1.28. The average Bonchev–Trinajstić information content (AvgIpc) is 3.28. The molecule has 1 aromatic heterocycles. The minimum atomic E-state index is -0.568. The quantitative estimate of drug-likeness (QED) is 0.813. The van der Waals surface area contributed by atoms with E-state index in [1.54, 1.807) is 11.3 Å². The number of aryl methyl sites for hydroxylation is 1. The highest BCUT2D eigenvalue weighted by Gasteiger charge is 2.34. The van der Waals surface area contributed by atoms with Crippen molar-refractivity contribution in [2.24, 2.45) is 4.99 Å². The van der Waals surface area contributed by atoms with Crippen molar-refractivity contribution < 1.29 is 9.90 Å². The van der Waals surface area contributed by atoms with Crippen LogP contribution in [0.15, 0.2) is 23.2 Å². The van der Waals surface area contributed by atoms with Crippen LogP contribution in [0.4, 0.5) is 5.13 Å². The summed E-state index contributed by atoms with van der Waals surface area (Å²) in [5, 5.41) is 16.4. The Labute approximate surface area is 167 Å². The van der Waals surface area contributed by atoms with E-state index < -0.39 is 11.6 Å². The van der Waals surface area contributed by atoms with Gasteiger partial charge in [-0.3, -0.25) is 9.79 Å². The molecule has 28 heavy (non-hydrogen) atoms. The van der Waals surface area contributed by atoms with E-state index in [4.69, 9.17) is 0 Å². The lowest BCUT2D eigenvalue weighted by Crippen LogP contribution is -2.43. The second kappa shape index (κ2) is 6.67. The molecule has 2 aromatic rings. The molecule has 1 aliphatic carbocycles. The molecule has 6 nitrogen and oxygen atoms in total. The van der Waals surface area contributed by atoms with Gasteiger partial charge in [-0.2, -0.15) is 0 Å². The number of nitrogens with one attached hydrogen (secondary N) is 1. The van der Waals surface area contributed by atoms with Crippen molar-refractivity contribution in [2.45, 2.75) is 50.8 Å². The Morgan fingerprint density at radius 2 is 2.29 bits per heavy atom. The molecule has 0 saturated heterocycles. The molecule has 0 spiro atoms. The van der Waals surface area contributed by atoms with Crippen LogP contribution in [-0.4, -0.2) is 45.6 Å². The summed E-state index contributed by atoms with van der Waals surface area (Å²) in [7, 11) is 0. The van der Waals surface area contributed by atoms with Crippen LogP contribution in [0, 0.1) is 6.92 Å². The highest BCUT2D eigenvalue weighted by atomic mass is 32.1. The third kappa shape index (κ3) is 3.12. The fourth-order valence-corrected chi connectivity index (χ4v) is 5.13. The predicted molar refractivity (Wildman–Crippen MR) is 109 cm³/mol. The highest BCUT2D eigenvalue weighted by Crippen LogP contribution is 2.33. The first-order valence-corrected chi connectivity index (χ1v) is 10.7. The summed E-state index contributed by atoms with van der Waals surface area (Å²) in [6.07, 6.45) is 5.56. The van der Waals surface area contributed by atoms with Gasteiger partial charge in [-0.05, 0) is 43.9 Å². The number of aliphatic hydroxyl groups is 1. The zero-order valence-electron chi connectivity index (χ0n) is 15.9. The van der Waals surface area contributed by atoms with E-state index in [-0.39, 0.29) is 5.91 Å². The van der Waals surface area contributed by atoms with Gasteiger partial charge in [0, 0.05) is 29.6 Å². The van der Waals surface area contributed by atoms with Gasteiger partial charge in [0.15, 0.2) is 5.13 Å². The Morgan fingerprint density at radius 3 is 3.04 bits per heavy atom. The SMILES string of the molecule is Cc1cccc2c1=CC(C(=O)N1CCc3nc(NCC4(O)CCC4)sc3C1)N=2. The molecule has 2 N–H and O–H groups in total. The van der Waals surface area contributed by atoms with Crippen LogP contribution in [-0.2, 0) is 17.8 Å². The molecule has 5 rings (SSSR count). The van der Waals surface area contributed by atoms with Crippen molar-refractivity contribution in [3.63, 3.8) is 0 Å². The summed E-state index contributed by atoms with van der Waals surface area (Å²) >= 11 is 1.60. The maximum Gasteiger partial charge on any atom is 0.251 e. The highest BCUT2D eigenvalue weighted by molar-refractivity contribution is 7.15. The van der Waals surface area contributed by atoms with Crippen LogP contribution in [0.2, 0.25) is 0 Å². The maximum absolute atomic E-state index is 13.0. The first-order chi connectivity index (χ1) is 13.5. The van der Waals surface area contributed by atoms with Crippen LogP contribution >= 0.6 is 11.3 Å². The number of hydrogen-bond acceptors (Lipinski definition) is 6. The molecular weight excluding hydrogens is 372 g/mol. The first-order valence-electron chi connectivity index (χ1n) is 9.90. The number of nitrogens with zero attached hydrogens (tertiary/aromatic N) is 3. The standard InChI is InChI=1S/C21H24N4O2S/c1-13-4-2-5-15-14(13)10-17(23-15)19(26)25-9-6-16-18(11-25)28-20(24-16)22-12-21(27)7-3-8-21/h2,4-5,10,17,27H,3,6-9,11-12H2,1H3,(H,22,24). The molecule has 1 saturated carbocycles. The predicted octanol–water partition coefficient (Wildman–Crippen LogP) is 1.15. The number of hydrogen-bond donors (Lipinski definition) is 2. The molecule has 1 fully saturated rings. The Kier molecular flexibility index (Phi) is 4.25. The number of thiazole rings is 1. The summed E-state index contributed by atoms with van der Waals surface area (Å²) in [6.45, 7) is 3.87. The molecule has 1 unspecified atom stereocenters. The number of aromatic nitrogens is 1. The second-order valence-electron chi connectivity index (χ2n) is 8.08. The third-order valence-electron chi connectivity index (χ3n) is 6.05. The summed E-state index contributed by atoms with van der Waals surface area (Å²) in [4.78, 5) is 25.4. The van der Waals surface area contributed by atoms with Gasteiger partial charge in [0.25, 0.3) is 5.91 Å². The monoisotopic (exact) mass is 396 g/mol. The maximum atomic E-state index is 13.0. The minimum absolute atomic E-state index is 0.0629. The summed E-state index contributed by atoms with van der Waals surface area (Å²) in [5.41, 5.74) is 1.66. The Bertz CT molecular complexity index is 1060. The van der Waals surface area contributed by atoms with Crippen LogP contribution in [0.5, 0.6) is 0 Å². The molecule has 2 aliphatic heterocycles. The zero-order chi connectivity index (χ0) is 19.3. The summed E-state index contributed by atoms with van der Waals surface area (Å²) in [6, 6.07) is 5.59. The van der Waals surface area contributed by atoms with Crippen molar-refractivity contribution in [3.05, 3.63) is 44.9 Å². The molecule has 0 radical (unpaired) electrons. The number of benzene rings is 1. The van der Waals surface area contributed by atoms with Gasteiger partial charge in [0.05, 0.1) is 23.2 Å².